The Morgan fingerprint density at radius 2 is 2.44 bits per heavy atom. The van der Waals surface area contributed by atoms with E-state index in [1.54, 1.807) is 17.1 Å². The molecule has 1 saturated carbocycles. The highest BCUT2D eigenvalue weighted by Crippen LogP contribution is 2.24. The molecule has 6 heteroatoms. The highest BCUT2D eigenvalue weighted by Gasteiger charge is 2.28. The molecule has 0 atom stereocenters. The summed E-state index contributed by atoms with van der Waals surface area (Å²) in [5, 5.41) is 10.7. The molecule has 0 bridgehead atoms. The molecule has 1 aliphatic carbocycles. The normalized spacial score (nSPS) is 15.1. The van der Waals surface area contributed by atoms with Crippen molar-refractivity contribution in [2.45, 2.75) is 25.4 Å². The zero-order valence-electron chi connectivity index (χ0n) is 9.46. The van der Waals surface area contributed by atoms with E-state index in [0.717, 1.165) is 25.9 Å². The summed E-state index contributed by atoms with van der Waals surface area (Å²) in [6, 6.07) is 0.490. The molecule has 88 valence electrons. The second-order valence-corrected chi connectivity index (χ2v) is 4.08. The van der Waals surface area contributed by atoms with Crippen LogP contribution in [0.3, 0.4) is 0 Å². The molecule has 16 heavy (non-hydrogen) atoms. The van der Waals surface area contributed by atoms with Gasteiger partial charge in [0.1, 0.15) is 0 Å². The SMILES string of the molecule is CN(C(=O)CNCCn1ccnn1)C1CC1. The molecule has 1 aromatic rings. The van der Waals surface area contributed by atoms with Gasteiger partial charge in [-0.15, -0.1) is 5.10 Å². The van der Waals surface area contributed by atoms with Gasteiger partial charge in [0.15, 0.2) is 0 Å². The maximum atomic E-state index is 11.6. The predicted molar refractivity (Wildman–Crippen MR) is 58.7 cm³/mol. The topological polar surface area (TPSA) is 63.1 Å². The summed E-state index contributed by atoms with van der Waals surface area (Å²) in [4.78, 5) is 13.5. The van der Waals surface area contributed by atoms with E-state index in [-0.39, 0.29) is 5.91 Å². The van der Waals surface area contributed by atoms with E-state index >= 15 is 0 Å². The van der Waals surface area contributed by atoms with E-state index in [0.29, 0.717) is 12.6 Å². The van der Waals surface area contributed by atoms with E-state index in [2.05, 4.69) is 15.6 Å². The Bertz CT molecular complexity index is 333. The molecular weight excluding hydrogens is 206 g/mol. The van der Waals surface area contributed by atoms with Gasteiger partial charge in [0.05, 0.1) is 19.3 Å². The molecule has 1 N–H and O–H groups in total. The molecule has 6 nitrogen and oxygen atoms in total. The molecule has 0 radical (unpaired) electrons. The highest BCUT2D eigenvalue weighted by atomic mass is 16.2. The van der Waals surface area contributed by atoms with Crippen molar-refractivity contribution in [3.63, 3.8) is 0 Å². The fourth-order valence-electron chi connectivity index (χ4n) is 1.53. The Kier molecular flexibility index (Phi) is 3.51. The van der Waals surface area contributed by atoms with Gasteiger partial charge in [-0.05, 0) is 12.8 Å². The van der Waals surface area contributed by atoms with Crippen molar-refractivity contribution < 1.29 is 4.79 Å². The molecule has 1 aromatic heterocycles. The summed E-state index contributed by atoms with van der Waals surface area (Å²) >= 11 is 0. The van der Waals surface area contributed by atoms with Crippen molar-refractivity contribution in [1.29, 1.82) is 0 Å². The Labute approximate surface area is 94.6 Å². The first-order chi connectivity index (χ1) is 7.77. The largest absolute Gasteiger partial charge is 0.342 e. The minimum Gasteiger partial charge on any atom is -0.342 e. The molecule has 0 unspecified atom stereocenters. The van der Waals surface area contributed by atoms with Gasteiger partial charge in [-0.1, -0.05) is 5.21 Å². The first-order valence-corrected chi connectivity index (χ1v) is 5.58. The van der Waals surface area contributed by atoms with Crippen LogP contribution < -0.4 is 5.32 Å². The van der Waals surface area contributed by atoms with Crippen molar-refractivity contribution in [1.82, 2.24) is 25.2 Å². The van der Waals surface area contributed by atoms with E-state index in [4.69, 9.17) is 0 Å². The summed E-state index contributed by atoms with van der Waals surface area (Å²) < 4.78 is 1.74. The number of hydrogen-bond donors (Lipinski definition) is 1. The highest BCUT2D eigenvalue weighted by molar-refractivity contribution is 5.78. The van der Waals surface area contributed by atoms with Gasteiger partial charge in [0, 0.05) is 25.8 Å². The minimum absolute atomic E-state index is 0.168. The zero-order chi connectivity index (χ0) is 11.4. The van der Waals surface area contributed by atoms with Gasteiger partial charge in [-0.3, -0.25) is 9.48 Å². The van der Waals surface area contributed by atoms with E-state index in [9.17, 15) is 4.79 Å². The van der Waals surface area contributed by atoms with Crippen LogP contribution in [-0.2, 0) is 11.3 Å². The number of nitrogens with zero attached hydrogens (tertiary/aromatic N) is 4. The summed E-state index contributed by atoms with van der Waals surface area (Å²) in [6.07, 6.45) is 5.76. The molecule has 0 saturated heterocycles. The van der Waals surface area contributed by atoms with Crippen LogP contribution in [0.15, 0.2) is 12.4 Å². The maximum absolute atomic E-state index is 11.6. The number of aromatic nitrogens is 3. The van der Waals surface area contributed by atoms with Crippen LogP contribution in [0.2, 0.25) is 0 Å². The molecule has 0 aromatic carbocycles. The van der Waals surface area contributed by atoms with Crippen molar-refractivity contribution in [3.05, 3.63) is 12.4 Å². The molecule has 2 rings (SSSR count). The van der Waals surface area contributed by atoms with Crippen LogP contribution >= 0.6 is 0 Å². The Balaban J connectivity index is 1.58. The summed E-state index contributed by atoms with van der Waals surface area (Å²) in [7, 11) is 1.87. The van der Waals surface area contributed by atoms with Crippen molar-refractivity contribution in [3.8, 4) is 0 Å². The number of rotatable bonds is 6. The smallest absolute Gasteiger partial charge is 0.236 e. The first kappa shape index (κ1) is 11.1. The summed E-state index contributed by atoms with van der Waals surface area (Å²) in [5.41, 5.74) is 0. The zero-order valence-corrected chi connectivity index (χ0v) is 9.46. The van der Waals surface area contributed by atoms with Crippen LogP contribution in [0.5, 0.6) is 0 Å². The number of carbonyl (C=O) groups is 1. The van der Waals surface area contributed by atoms with Gasteiger partial charge in [0.2, 0.25) is 5.91 Å². The van der Waals surface area contributed by atoms with Crippen LogP contribution in [0.1, 0.15) is 12.8 Å². The van der Waals surface area contributed by atoms with Crippen LogP contribution in [0, 0.1) is 0 Å². The lowest BCUT2D eigenvalue weighted by Gasteiger charge is -2.16. The lowest BCUT2D eigenvalue weighted by molar-refractivity contribution is -0.129. The molecule has 1 aliphatic rings. The van der Waals surface area contributed by atoms with Gasteiger partial charge >= 0.3 is 0 Å². The number of amides is 1. The van der Waals surface area contributed by atoms with E-state index < -0.39 is 0 Å². The molecule has 1 amide bonds. The van der Waals surface area contributed by atoms with E-state index in [1.807, 2.05) is 11.9 Å². The number of hydrogen-bond acceptors (Lipinski definition) is 4. The third-order valence-corrected chi connectivity index (χ3v) is 2.75. The number of likely N-dealkylation sites (N-methyl/N-ethyl adjacent to an activating group) is 1. The van der Waals surface area contributed by atoms with Crippen LogP contribution in [-0.4, -0.2) is 52.0 Å². The molecular formula is C10H17N5O. The van der Waals surface area contributed by atoms with Crippen molar-refractivity contribution in [2.75, 3.05) is 20.1 Å². The molecule has 0 aliphatic heterocycles. The van der Waals surface area contributed by atoms with Crippen LogP contribution in [0.4, 0.5) is 0 Å². The Morgan fingerprint density at radius 3 is 3.06 bits per heavy atom. The standard InChI is InChI=1S/C10H17N5O/c1-14(9-2-3-9)10(16)8-11-4-6-15-7-5-12-13-15/h5,7,9,11H,2-4,6,8H2,1H3. The lowest BCUT2D eigenvalue weighted by Crippen LogP contribution is -2.37. The average Bonchev–Trinajstić information content (AvgIpc) is 3.01. The fourth-order valence-corrected chi connectivity index (χ4v) is 1.53. The number of nitrogens with one attached hydrogen (secondary N) is 1. The molecule has 1 fully saturated rings. The lowest BCUT2D eigenvalue weighted by atomic mass is 10.4. The van der Waals surface area contributed by atoms with Gasteiger partial charge in [0.25, 0.3) is 0 Å². The fraction of sp³-hybridized carbons (Fsp3) is 0.700. The van der Waals surface area contributed by atoms with Gasteiger partial charge < -0.3 is 10.2 Å². The second kappa shape index (κ2) is 5.07. The van der Waals surface area contributed by atoms with E-state index in [1.165, 1.54) is 0 Å². The summed E-state index contributed by atoms with van der Waals surface area (Å²) in [6.45, 7) is 1.87. The third-order valence-electron chi connectivity index (χ3n) is 2.75. The average molecular weight is 223 g/mol. The maximum Gasteiger partial charge on any atom is 0.236 e. The minimum atomic E-state index is 0.168. The Morgan fingerprint density at radius 1 is 1.62 bits per heavy atom. The first-order valence-electron chi connectivity index (χ1n) is 5.58. The molecule has 0 spiro atoms. The van der Waals surface area contributed by atoms with Crippen molar-refractivity contribution >= 4 is 5.91 Å². The Hall–Kier alpha value is -1.43. The summed E-state index contributed by atoms with van der Waals surface area (Å²) in [5.74, 6) is 0.168. The van der Waals surface area contributed by atoms with Gasteiger partial charge in [-0.2, -0.15) is 0 Å². The predicted octanol–water partition coefficient (Wildman–Crippen LogP) is -0.511. The molecule has 1 heterocycles. The monoisotopic (exact) mass is 223 g/mol. The van der Waals surface area contributed by atoms with Crippen molar-refractivity contribution in [2.24, 2.45) is 0 Å². The van der Waals surface area contributed by atoms with Crippen LogP contribution in [0.25, 0.3) is 0 Å². The third kappa shape index (κ3) is 3.03. The van der Waals surface area contributed by atoms with Gasteiger partial charge in [-0.25, -0.2) is 0 Å². The quantitative estimate of drug-likeness (QED) is 0.660. The second-order valence-electron chi connectivity index (χ2n) is 4.08. The number of carbonyl (C=O) groups excluding carboxylic acids is 1.